The van der Waals surface area contributed by atoms with Gasteiger partial charge >= 0.3 is 0 Å². The lowest BCUT2D eigenvalue weighted by atomic mass is 10.2. The van der Waals surface area contributed by atoms with E-state index in [0.717, 1.165) is 23.8 Å². The number of nitrogens with one attached hydrogen (secondary N) is 3. The maximum atomic E-state index is 11.5. The van der Waals surface area contributed by atoms with E-state index < -0.39 is 0 Å². The number of aromatic nitrogens is 2. The summed E-state index contributed by atoms with van der Waals surface area (Å²) in [6, 6.07) is 9.57. The minimum absolute atomic E-state index is 0. The van der Waals surface area contributed by atoms with E-state index in [4.69, 9.17) is 4.74 Å². The highest BCUT2D eigenvalue weighted by Crippen LogP contribution is 2.14. The Bertz CT molecular complexity index is 762. The first-order valence-electron chi connectivity index (χ1n) is 9.09. The Morgan fingerprint density at radius 2 is 1.96 bits per heavy atom. The molecular formula is C19H29IN6O2. The van der Waals surface area contributed by atoms with Crippen molar-refractivity contribution in [3.63, 3.8) is 0 Å². The van der Waals surface area contributed by atoms with Gasteiger partial charge in [-0.1, -0.05) is 12.1 Å². The van der Waals surface area contributed by atoms with Gasteiger partial charge in [0, 0.05) is 26.3 Å². The molecule has 0 bridgehead atoms. The molecule has 1 heterocycles. The monoisotopic (exact) mass is 500 g/mol. The number of amides is 1. The van der Waals surface area contributed by atoms with Crippen molar-refractivity contribution in [2.45, 2.75) is 26.9 Å². The quantitative estimate of drug-likeness (QED) is 0.278. The maximum absolute atomic E-state index is 11.5. The van der Waals surface area contributed by atoms with E-state index in [1.165, 1.54) is 0 Å². The molecule has 1 aromatic heterocycles. The van der Waals surface area contributed by atoms with Gasteiger partial charge in [0.25, 0.3) is 5.91 Å². The van der Waals surface area contributed by atoms with Gasteiger partial charge in [-0.25, -0.2) is 4.99 Å². The van der Waals surface area contributed by atoms with Crippen LogP contribution in [0.2, 0.25) is 0 Å². The van der Waals surface area contributed by atoms with Crippen molar-refractivity contribution >= 4 is 35.8 Å². The Labute approximate surface area is 183 Å². The zero-order chi connectivity index (χ0) is 19.5. The summed E-state index contributed by atoms with van der Waals surface area (Å²) in [6.45, 7) is 6.41. The third-order valence-electron chi connectivity index (χ3n) is 3.77. The summed E-state index contributed by atoms with van der Waals surface area (Å²) in [4.78, 5) is 16.1. The molecule has 2 rings (SSSR count). The van der Waals surface area contributed by atoms with Gasteiger partial charge < -0.3 is 20.7 Å². The lowest BCUT2D eigenvalue weighted by molar-refractivity contribution is -0.122. The van der Waals surface area contributed by atoms with E-state index in [1.54, 1.807) is 6.20 Å². The molecule has 0 fully saturated rings. The van der Waals surface area contributed by atoms with Crippen LogP contribution in [-0.2, 0) is 24.9 Å². The van der Waals surface area contributed by atoms with Crippen LogP contribution in [-0.4, -0.2) is 41.3 Å². The molecule has 3 N–H and O–H groups in total. The highest BCUT2D eigenvalue weighted by atomic mass is 127. The van der Waals surface area contributed by atoms with Crippen LogP contribution < -0.4 is 20.7 Å². The van der Waals surface area contributed by atoms with E-state index in [1.807, 2.05) is 55.9 Å². The summed E-state index contributed by atoms with van der Waals surface area (Å²) in [7, 11) is 1.91. The van der Waals surface area contributed by atoms with E-state index in [0.29, 0.717) is 25.4 Å². The average molecular weight is 500 g/mol. The molecule has 2 aromatic rings. The lowest BCUT2D eigenvalue weighted by Crippen LogP contribution is -2.37. The Morgan fingerprint density at radius 3 is 2.64 bits per heavy atom. The number of aryl methyl sites for hydroxylation is 1. The fourth-order valence-corrected chi connectivity index (χ4v) is 2.39. The normalized spacial score (nSPS) is 10.8. The van der Waals surface area contributed by atoms with E-state index in [-0.39, 0.29) is 36.5 Å². The molecule has 0 aliphatic carbocycles. The van der Waals surface area contributed by atoms with Crippen molar-refractivity contribution in [2.24, 2.45) is 12.0 Å². The van der Waals surface area contributed by atoms with Gasteiger partial charge in [-0.05, 0) is 37.6 Å². The number of halogens is 1. The van der Waals surface area contributed by atoms with Crippen LogP contribution in [0.5, 0.6) is 5.75 Å². The summed E-state index contributed by atoms with van der Waals surface area (Å²) in [5, 5.41) is 13.4. The second-order valence-corrected chi connectivity index (χ2v) is 5.88. The molecule has 1 aromatic carbocycles. The molecular weight excluding hydrogens is 471 g/mol. The van der Waals surface area contributed by atoms with Gasteiger partial charge in [0.1, 0.15) is 5.75 Å². The molecule has 0 atom stereocenters. The number of carbonyl (C=O) groups is 1. The molecule has 154 valence electrons. The van der Waals surface area contributed by atoms with E-state index in [9.17, 15) is 4.79 Å². The second-order valence-electron chi connectivity index (χ2n) is 5.88. The van der Waals surface area contributed by atoms with Crippen LogP contribution in [0, 0.1) is 0 Å². The standard InChI is InChI=1S/C19H28N6O2.HI/c1-4-20-18(26)14-27-17-8-6-7-15(11-17)12-22-19(21-5-2)23-13-16-9-10-24-25(16)3;/h6-11H,4-5,12-14H2,1-3H3,(H,20,26)(H2,21,22,23);1H. The van der Waals surface area contributed by atoms with Gasteiger partial charge in [-0.2, -0.15) is 5.10 Å². The largest absolute Gasteiger partial charge is 0.484 e. The number of nitrogens with zero attached hydrogens (tertiary/aromatic N) is 3. The van der Waals surface area contributed by atoms with Crippen LogP contribution in [0.25, 0.3) is 0 Å². The molecule has 28 heavy (non-hydrogen) atoms. The van der Waals surface area contributed by atoms with Crippen molar-refractivity contribution in [2.75, 3.05) is 19.7 Å². The second kappa shape index (κ2) is 13.0. The number of ether oxygens (including phenoxy) is 1. The molecule has 0 saturated heterocycles. The number of carbonyl (C=O) groups excluding carboxylic acids is 1. The highest BCUT2D eigenvalue weighted by molar-refractivity contribution is 14.0. The highest BCUT2D eigenvalue weighted by Gasteiger charge is 2.04. The fourth-order valence-electron chi connectivity index (χ4n) is 2.39. The molecule has 8 nitrogen and oxygen atoms in total. The lowest BCUT2D eigenvalue weighted by Gasteiger charge is -2.12. The minimum Gasteiger partial charge on any atom is -0.484 e. The van der Waals surface area contributed by atoms with Gasteiger partial charge in [-0.3, -0.25) is 9.48 Å². The first kappa shape index (κ1) is 23.7. The summed E-state index contributed by atoms with van der Waals surface area (Å²) in [5.41, 5.74) is 2.07. The smallest absolute Gasteiger partial charge is 0.257 e. The Balaban J connectivity index is 0.00000392. The number of hydrogen-bond acceptors (Lipinski definition) is 4. The van der Waals surface area contributed by atoms with E-state index in [2.05, 4.69) is 26.0 Å². The van der Waals surface area contributed by atoms with Gasteiger partial charge in [0.2, 0.25) is 0 Å². The molecule has 1 amide bonds. The summed E-state index contributed by atoms with van der Waals surface area (Å²) in [5.74, 6) is 1.25. The molecule has 9 heteroatoms. The van der Waals surface area contributed by atoms with Crippen LogP contribution in [0.1, 0.15) is 25.1 Å². The molecule has 0 aliphatic rings. The van der Waals surface area contributed by atoms with Crippen LogP contribution in [0.15, 0.2) is 41.5 Å². The van der Waals surface area contributed by atoms with Crippen LogP contribution in [0.3, 0.4) is 0 Å². The number of hydrogen-bond donors (Lipinski definition) is 3. The Kier molecular flexibility index (Phi) is 11.0. The van der Waals surface area contributed by atoms with E-state index >= 15 is 0 Å². The first-order chi connectivity index (χ1) is 13.1. The third-order valence-corrected chi connectivity index (χ3v) is 3.77. The van der Waals surface area contributed by atoms with Crippen molar-refractivity contribution in [1.82, 2.24) is 25.7 Å². The molecule has 0 saturated carbocycles. The number of benzene rings is 1. The molecule has 0 aliphatic heterocycles. The van der Waals surface area contributed by atoms with Crippen molar-refractivity contribution in [3.05, 3.63) is 47.8 Å². The summed E-state index contributed by atoms with van der Waals surface area (Å²) < 4.78 is 7.35. The molecule has 0 radical (unpaired) electrons. The molecule has 0 unspecified atom stereocenters. The van der Waals surface area contributed by atoms with Crippen LogP contribution in [0.4, 0.5) is 0 Å². The molecule has 0 spiro atoms. The number of rotatable bonds is 9. The SMILES string of the molecule is CCNC(=O)COc1cccc(CN=C(NCC)NCc2ccnn2C)c1.I. The number of guanidine groups is 1. The van der Waals surface area contributed by atoms with Crippen LogP contribution >= 0.6 is 24.0 Å². The Hall–Kier alpha value is -2.30. The topological polar surface area (TPSA) is 92.6 Å². The fraction of sp³-hybridized carbons (Fsp3) is 0.421. The Morgan fingerprint density at radius 1 is 1.18 bits per heavy atom. The minimum atomic E-state index is -0.130. The first-order valence-corrected chi connectivity index (χ1v) is 9.09. The zero-order valence-corrected chi connectivity index (χ0v) is 18.9. The third kappa shape index (κ3) is 8.15. The van der Waals surface area contributed by atoms with Crippen molar-refractivity contribution in [1.29, 1.82) is 0 Å². The van der Waals surface area contributed by atoms with Crippen molar-refractivity contribution in [3.8, 4) is 5.75 Å². The summed E-state index contributed by atoms with van der Waals surface area (Å²) in [6.07, 6.45) is 1.77. The summed E-state index contributed by atoms with van der Waals surface area (Å²) >= 11 is 0. The predicted molar refractivity (Wildman–Crippen MR) is 121 cm³/mol. The van der Waals surface area contributed by atoms with Gasteiger partial charge in [0.05, 0.1) is 18.8 Å². The average Bonchev–Trinajstić information content (AvgIpc) is 3.08. The maximum Gasteiger partial charge on any atom is 0.257 e. The zero-order valence-electron chi connectivity index (χ0n) is 16.6. The van der Waals surface area contributed by atoms with Crippen molar-refractivity contribution < 1.29 is 9.53 Å². The number of aliphatic imine (C=N–C) groups is 1. The van der Waals surface area contributed by atoms with Gasteiger partial charge in [0.15, 0.2) is 12.6 Å². The number of likely N-dealkylation sites (N-methyl/N-ethyl adjacent to an activating group) is 1. The predicted octanol–water partition coefficient (Wildman–Crippen LogP) is 1.81. The van der Waals surface area contributed by atoms with Gasteiger partial charge in [-0.15, -0.1) is 24.0 Å².